The maximum atomic E-state index is 8.09. The Labute approximate surface area is 114 Å². The van der Waals surface area contributed by atoms with Crippen LogP contribution in [0.4, 0.5) is 0 Å². The van der Waals surface area contributed by atoms with E-state index in [2.05, 4.69) is 6.92 Å². The second kappa shape index (κ2) is 8.12. The minimum atomic E-state index is -2.72. The summed E-state index contributed by atoms with van der Waals surface area (Å²) >= 11 is 0. The molecule has 100 valence electrons. The van der Waals surface area contributed by atoms with Crippen LogP contribution in [0.1, 0.15) is 19.8 Å². The highest BCUT2D eigenvalue weighted by Gasteiger charge is 2.29. The lowest BCUT2D eigenvalue weighted by Gasteiger charge is -2.31. The number of hydrogen-bond acceptors (Lipinski definition) is 5. The van der Waals surface area contributed by atoms with Crippen LogP contribution in [0.15, 0.2) is 0 Å². The van der Waals surface area contributed by atoms with Gasteiger partial charge in [-0.2, -0.15) is 0 Å². The molecule has 6 nitrogen and oxygen atoms in total. The molecule has 0 aliphatic carbocycles. The van der Waals surface area contributed by atoms with Crippen molar-refractivity contribution in [3.63, 3.8) is 0 Å². The van der Waals surface area contributed by atoms with Gasteiger partial charge >= 0.3 is 6.15 Å². The number of likely N-dealkylation sites (tertiary alicyclic amines) is 1. The van der Waals surface area contributed by atoms with Crippen molar-refractivity contribution in [2.24, 2.45) is 0 Å². The summed E-state index contributed by atoms with van der Waals surface area (Å²) in [6, 6.07) is 0. The summed E-state index contributed by atoms with van der Waals surface area (Å²) in [5.41, 5.74) is 0. The van der Waals surface area contributed by atoms with Gasteiger partial charge in [0.25, 0.3) is 0 Å². The number of methoxy groups -OCH3 is 1. The zero-order valence-electron chi connectivity index (χ0n) is 11.5. The fourth-order valence-electron chi connectivity index (χ4n) is 1.99. The molecule has 0 unspecified atom stereocenters. The minimum absolute atomic E-state index is 0.913. The van der Waals surface area contributed by atoms with Crippen LogP contribution in [0.25, 0.3) is 0 Å². The number of rotatable bonds is 3. The molecule has 7 heteroatoms. The van der Waals surface area contributed by atoms with Crippen LogP contribution in [0.2, 0.25) is 0 Å². The SMILES string of the molecule is CC[N+]1(COC)CCCC1.N#C[B-](C#N)(C#N)C#N. The second-order valence-electron chi connectivity index (χ2n) is 4.61. The number of ether oxygens (including phenoxy) is 1. The molecule has 1 saturated heterocycles. The van der Waals surface area contributed by atoms with Gasteiger partial charge in [-0.15, -0.1) is 23.9 Å². The van der Waals surface area contributed by atoms with E-state index in [1.54, 1.807) is 7.11 Å². The van der Waals surface area contributed by atoms with Crippen LogP contribution in [0.5, 0.6) is 0 Å². The fourth-order valence-corrected chi connectivity index (χ4v) is 1.99. The van der Waals surface area contributed by atoms with E-state index in [1.807, 2.05) is 0 Å². The van der Waals surface area contributed by atoms with E-state index < -0.39 is 6.15 Å². The number of nitriles is 4. The molecule has 1 aliphatic rings. The van der Waals surface area contributed by atoms with Crippen molar-refractivity contribution >= 4 is 6.15 Å². The fraction of sp³-hybridized carbons (Fsp3) is 0.667. The lowest BCUT2D eigenvalue weighted by molar-refractivity contribution is -0.932. The summed E-state index contributed by atoms with van der Waals surface area (Å²) in [4.78, 5) is 0. The zero-order chi connectivity index (χ0) is 14.8. The van der Waals surface area contributed by atoms with Gasteiger partial charge in [-0.1, -0.05) is 0 Å². The van der Waals surface area contributed by atoms with Gasteiger partial charge in [0.1, 0.15) is 0 Å². The quantitative estimate of drug-likeness (QED) is 0.553. The van der Waals surface area contributed by atoms with Gasteiger partial charge in [-0.25, -0.2) is 21.0 Å². The Balaban J connectivity index is 0.000000344. The van der Waals surface area contributed by atoms with Gasteiger partial charge in [0.05, 0.1) is 19.6 Å². The topological polar surface area (TPSA) is 104 Å². The third kappa shape index (κ3) is 4.61. The van der Waals surface area contributed by atoms with Crippen LogP contribution in [-0.2, 0) is 4.74 Å². The van der Waals surface area contributed by atoms with Crippen LogP contribution in [0.3, 0.4) is 0 Å². The number of hydrogen-bond donors (Lipinski definition) is 0. The average Bonchev–Trinajstić information content (AvgIpc) is 2.92. The van der Waals surface area contributed by atoms with Crippen molar-refractivity contribution in [3.05, 3.63) is 0 Å². The van der Waals surface area contributed by atoms with E-state index in [0.29, 0.717) is 0 Å². The summed E-state index contributed by atoms with van der Waals surface area (Å²) in [5.74, 6) is 5.38. The van der Waals surface area contributed by atoms with Crippen LogP contribution < -0.4 is 0 Å². The Morgan fingerprint density at radius 2 is 1.42 bits per heavy atom. The Bertz CT molecular complexity index is 383. The van der Waals surface area contributed by atoms with E-state index in [4.69, 9.17) is 25.8 Å². The van der Waals surface area contributed by atoms with Crippen molar-refractivity contribution < 1.29 is 9.22 Å². The Kier molecular flexibility index (Phi) is 7.24. The van der Waals surface area contributed by atoms with E-state index in [0.717, 1.165) is 6.73 Å². The molecule has 0 spiro atoms. The third-order valence-corrected chi connectivity index (χ3v) is 3.36. The van der Waals surface area contributed by atoms with Crippen LogP contribution in [0, 0.1) is 44.9 Å². The Morgan fingerprint density at radius 3 is 1.63 bits per heavy atom. The van der Waals surface area contributed by atoms with Crippen LogP contribution >= 0.6 is 0 Å². The van der Waals surface area contributed by atoms with Crippen LogP contribution in [-0.4, -0.2) is 44.1 Å². The summed E-state index contributed by atoms with van der Waals surface area (Å²) < 4.78 is 6.38. The molecule has 1 fully saturated rings. The summed E-state index contributed by atoms with van der Waals surface area (Å²) in [6.07, 6.45) is 0.0500. The van der Waals surface area contributed by atoms with Gasteiger partial charge in [0, 0.05) is 20.0 Å². The second-order valence-corrected chi connectivity index (χ2v) is 4.61. The summed E-state index contributed by atoms with van der Waals surface area (Å²) in [6.45, 7) is 7.04. The molecule has 0 atom stereocenters. The molecule has 0 saturated carbocycles. The first-order valence-corrected chi connectivity index (χ1v) is 6.22. The monoisotopic (exact) mass is 259 g/mol. The molecule has 0 bridgehead atoms. The average molecular weight is 259 g/mol. The summed E-state index contributed by atoms with van der Waals surface area (Å²) in [7, 11) is 1.80. The first-order valence-electron chi connectivity index (χ1n) is 6.22. The van der Waals surface area contributed by atoms with Crippen molar-refractivity contribution in [1.29, 1.82) is 21.0 Å². The summed E-state index contributed by atoms with van der Waals surface area (Å²) in [5, 5.41) is 32.3. The minimum Gasteiger partial charge on any atom is -0.335 e. The predicted octanol–water partition coefficient (Wildman–Crippen LogP) is 0.907. The normalized spacial score (nSPS) is 15.9. The van der Waals surface area contributed by atoms with E-state index >= 15 is 0 Å². The van der Waals surface area contributed by atoms with Crippen molar-refractivity contribution in [1.82, 2.24) is 0 Å². The first kappa shape index (κ1) is 16.9. The highest BCUT2D eigenvalue weighted by atomic mass is 16.5. The molecule has 19 heavy (non-hydrogen) atoms. The molecular weight excluding hydrogens is 241 g/mol. The largest absolute Gasteiger partial charge is 0.383 e. The van der Waals surface area contributed by atoms with Gasteiger partial charge < -0.3 is 9.22 Å². The van der Waals surface area contributed by atoms with Gasteiger partial charge in [-0.3, -0.25) is 0 Å². The molecule has 0 aromatic rings. The highest BCUT2D eigenvalue weighted by molar-refractivity contribution is 7.05. The van der Waals surface area contributed by atoms with Gasteiger partial charge in [0.2, 0.25) is 0 Å². The highest BCUT2D eigenvalue weighted by Crippen LogP contribution is 2.18. The van der Waals surface area contributed by atoms with Gasteiger partial charge in [0.15, 0.2) is 6.73 Å². The maximum absolute atomic E-state index is 8.09. The van der Waals surface area contributed by atoms with Crippen molar-refractivity contribution in [2.75, 3.05) is 33.5 Å². The molecule has 1 aliphatic heterocycles. The predicted molar refractivity (Wildman–Crippen MR) is 69.9 cm³/mol. The molecular formula is C12H18BN5O. The lowest BCUT2D eigenvalue weighted by atomic mass is 9.30. The maximum Gasteiger partial charge on any atom is 0.383 e. The molecule has 1 rings (SSSR count). The molecule has 0 radical (unpaired) electrons. The molecule has 0 amide bonds. The number of nitrogens with zero attached hydrogens (tertiary/aromatic N) is 5. The van der Waals surface area contributed by atoms with Crippen molar-refractivity contribution in [2.45, 2.75) is 19.8 Å². The molecule has 1 heterocycles. The van der Waals surface area contributed by atoms with Gasteiger partial charge in [-0.05, 0) is 6.92 Å². The standard InChI is InChI=1S/C8H18NO.C4BN4/c1-3-9(8-10-2)6-4-5-7-9;6-1-5(2-7,3-8)4-9/h3-8H2,1-2H3;/q+1;-1. The molecule has 0 N–H and O–H groups in total. The Hall–Kier alpha value is -2.06. The Morgan fingerprint density at radius 1 is 1.00 bits per heavy atom. The third-order valence-electron chi connectivity index (χ3n) is 3.36. The molecule has 0 aromatic carbocycles. The van der Waals surface area contributed by atoms with E-state index in [-0.39, 0.29) is 0 Å². The van der Waals surface area contributed by atoms with E-state index in [1.165, 1.54) is 60.8 Å². The lowest BCUT2D eigenvalue weighted by Crippen LogP contribution is -2.46. The van der Waals surface area contributed by atoms with Crippen molar-refractivity contribution in [3.8, 4) is 23.9 Å². The first-order chi connectivity index (χ1) is 9.07. The molecule has 0 aromatic heterocycles. The van der Waals surface area contributed by atoms with E-state index in [9.17, 15) is 0 Å². The zero-order valence-corrected chi connectivity index (χ0v) is 11.5. The number of quaternary nitrogens is 1. The smallest absolute Gasteiger partial charge is 0.335 e.